The lowest BCUT2D eigenvalue weighted by Crippen LogP contribution is -2.39. The van der Waals surface area contributed by atoms with Gasteiger partial charge in [0.2, 0.25) is 0 Å². The lowest BCUT2D eigenvalue weighted by molar-refractivity contribution is 0.298. The maximum Gasteiger partial charge on any atom is 0.488 e. The van der Waals surface area contributed by atoms with Crippen molar-refractivity contribution < 1.29 is 9.68 Å². The molecule has 2 aliphatic heterocycles. The zero-order valence-corrected chi connectivity index (χ0v) is 6.29. The van der Waals surface area contributed by atoms with E-state index < -0.39 is 7.12 Å². The van der Waals surface area contributed by atoms with Gasteiger partial charge in [0.25, 0.3) is 0 Å². The fourth-order valence-corrected chi connectivity index (χ4v) is 1.55. The van der Waals surface area contributed by atoms with Gasteiger partial charge >= 0.3 is 7.12 Å². The van der Waals surface area contributed by atoms with Crippen molar-refractivity contribution in [2.45, 2.75) is 6.42 Å². The van der Waals surface area contributed by atoms with Crippen LogP contribution in [0.25, 0.3) is 0 Å². The lowest BCUT2D eigenvalue weighted by atomic mass is 9.76. The molecule has 0 saturated carbocycles. The Bertz CT molecular complexity index is 207. The third-order valence-corrected chi connectivity index (χ3v) is 2.24. The zero-order valence-electron chi connectivity index (χ0n) is 6.29. The summed E-state index contributed by atoms with van der Waals surface area (Å²) in [7, 11) is -0.698. The summed E-state index contributed by atoms with van der Waals surface area (Å²) in [6.07, 6.45) is 0.933. The summed E-state index contributed by atoms with van der Waals surface area (Å²) in [5.41, 5.74) is 2.21. The van der Waals surface area contributed by atoms with Gasteiger partial charge in [0, 0.05) is 13.1 Å². The van der Waals surface area contributed by atoms with Crippen molar-refractivity contribution in [3.8, 4) is 0 Å². The van der Waals surface area contributed by atoms with E-state index in [9.17, 15) is 5.02 Å². The van der Waals surface area contributed by atoms with Crippen LogP contribution in [0.1, 0.15) is 6.42 Å². The van der Waals surface area contributed by atoms with Gasteiger partial charge in [-0.1, -0.05) is 0 Å². The van der Waals surface area contributed by atoms with Gasteiger partial charge in [0.05, 0.1) is 6.61 Å². The Kier molecular flexibility index (Phi) is 1.73. The summed E-state index contributed by atoms with van der Waals surface area (Å²) in [5.74, 6) is 5.59. The van der Waals surface area contributed by atoms with Crippen LogP contribution in [0.15, 0.2) is 11.0 Å². The Hall–Kier alpha value is -0.355. The molecular weight excluding hydrogens is 143 g/mol. The van der Waals surface area contributed by atoms with Crippen LogP contribution in [0.2, 0.25) is 0 Å². The monoisotopic (exact) mass is 154 g/mol. The zero-order chi connectivity index (χ0) is 7.84. The predicted octanol–water partition coefficient (Wildman–Crippen LogP) is -1.09. The molecule has 0 aromatic heterocycles. The standard InChI is InChI=1S/C6H11BN2O2/c8-9-2-1-5-4-11-7(10)6(5)3-9/h10H,1-4,8H2. The van der Waals surface area contributed by atoms with Gasteiger partial charge < -0.3 is 9.68 Å². The molecule has 11 heavy (non-hydrogen) atoms. The number of hydrogen-bond acceptors (Lipinski definition) is 4. The summed E-state index contributed by atoms with van der Waals surface area (Å²) in [5, 5.41) is 11.0. The molecule has 60 valence electrons. The number of hydrazine groups is 1. The molecule has 0 radical (unpaired) electrons. The fraction of sp³-hybridized carbons (Fsp3) is 0.667. The van der Waals surface area contributed by atoms with Gasteiger partial charge in [-0.2, -0.15) is 0 Å². The van der Waals surface area contributed by atoms with Crippen molar-refractivity contribution in [3.05, 3.63) is 11.0 Å². The molecule has 0 aromatic carbocycles. The third-order valence-electron chi connectivity index (χ3n) is 2.24. The molecule has 0 aromatic rings. The topological polar surface area (TPSA) is 58.7 Å². The van der Waals surface area contributed by atoms with Crippen LogP contribution >= 0.6 is 0 Å². The molecule has 5 heteroatoms. The minimum Gasteiger partial charge on any atom is -0.423 e. The second-order valence-corrected chi connectivity index (χ2v) is 3.01. The average Bonchev–Trinajstić information content (AvgIpc) is 2.33. The van der Waals surface area contributed by atoms with Gasteiger partial charge in [0.15, 0.2) is 0 Å². The van der Waals surface area contributed by atoms with Crippen molar-refractivity contribution in [1.82, 2.24) is 5.01 Å². The van der Waals surface area contributed by atoms with E-state index in [0.29, 0.717) is 13.2 Å². The molecule has 0 unspecified atom stereocenters. The highest BCUT2D eigenvalue weighted by Crippen LogP contribution is 2.23. The summed E-state index contributed by atoms with van der Waals surface area (Å²) in [6.45, 7) is 2.11. The average molecular weight is 154 g/mol. The molecule has 0 atom stereocenters. The second-order valence-electron chi connectivity index (χ2n) is 3.01. The van der Waals surface area contributed by atoms with Gasteiger partial charge in [-0.15, -0.1) is 0 Å². The Morgan fingerprint density at radius 3 is 3.27 bits per heavy atom. The van der Waals surface area contributed by atoms with E-state index in [0.717, 1.165) is 18.4 Å². The van der Waals surface area contributed by atoms with Crippen molar-refractivity contribution >= 4 is 7.12 Å². The quantitative estimate of drug-likeness (QED) is 0.344. The van der Waals surface area contributed by atoms with Gasteiger partial charge in [-0.3, -0.25) is 5.84 Å². The molecule has 4 nitrogen and oxygen atoms in total. The summed E-state index contributed by atoms with van der Waals surface area (Å²) < 4.78 is 5.05. The fourth-order valence-electron chi connectivity index (χ4n) is 1.55. The lowest BCUT2D eigenvalue weighted by Gasteiger charge is -2.22. The second kappa shape index (κ2) is 2.60. The molecule has 0 spiro atoms. The van der Waals surface area contributed by atoms with Crippen LogP contribution in [-0.4, -0.2) is 36.8 Å². The highest BCUT2D eigenvalue weighted by molar-refractivity contribution is 6.53. The maximum absolute atomic E-state index is 9.28. The van der Waals surface area contributed by atoms with Crippen LogP contribution in [0.3, 0.4) is 0 Å². The molecule has 3 N–H and O–H groups in total. The largest absolute Gasteiger partial charge is 0.488 e. The van der Waals surface area contributed by atoms with Crippen LogP contribution in [0, 0.1) is 0 Å². The number of hydrogen-bond donors (Lipinski definition) is 2. The van der Waals surface area contributed by atoms with E-state index >= 15 is 0 Å². The van der Waals surface area contributed by atoms with E-state index in [4.69, 9.17) is 10.5 Å². The number of nitrogens with zero attached hydrogens (tertiary/aromatic N) is 1. The first-order valence-electron chi connectivity index (χ1n) is 3.77. The molecule has 2 aliphatic rings. The minimum absolute atomic E-state index is 0.588. The van der Waals surface area contributed by atoms with Gasteiger partial charge in [0.1, 0.15) is 0 Å². The highest BCUT2D eigenvalue weighted by Gasteiger charge is 2.33. The van der Waals surface area contributed by atoms with Crippen molar-refractivity contribution in [1.29, 1.82) is 0 Å². The Morgan fingerprint density at radius 1 is 1.64 bits per heavy atom. The first-order chi connectivity index (χ1) is 5.27. The molecule has 0 saturated heterocycles. The summed E-state index contributed by atoms with van der Waals surface area (Å²) in [6, 6.07) is 0. The predicted molar refractivity (Wildman–Crippen MR) is 41.3 cm³/mol. The Morgan fingerprint density at radius 2 is 2.45 bits per heavy atom. The van der Waals surface area contributed by atoms with Crippen LogP contribution in [0.5, 0.6) is 0 Å². The minimum atomic E-state index is -0.698. The van der Waals surface area contributed by atoms with Gasteiger partial charge in [-0.25, -0.2) is 5.01 Å². The van der Waals surface area contributed by atoms with E-state index in [1.165, 1.54) is 5.57 Å². The van der Waals surface area contributed by atoms with E-state index in [-0.39, 0.29) is 0 Å². The Balaban J connectivity index is 2.18. The SMILES string of the molecule is NN1CCC2=C(C1)B(O)OC2. The molecule has 2 heterocycles. The van der Waals surface area contributed by atoms with Crippen LogP contribution < -0.4 is 5.84 Å². The Labute approximate surface area is 65.7 Å². The third kappa shape index (κ3) is 1.20. The van der Waals surface area contributed by atoms with E-state index in [1.807, 2.05) is 0 Å². The highest BCUT2D eigenvalue weighted by atomic mass is 16.5. The van der Waals surface area contributed by atoms with Crippen LogP contribution in [0.4, 0.5) is 0 Å². The normalized spacial score (nSPS) is 26.2. The molecule has 0 fully saturated rings. The smallest absolute Gasteiger partial charge is 0.423 e. The van der Waals surface area contributed by atoms with Crippen molar-refractivity contribution in [3.63, 3.8) is 0 Å². The number of nitrogens with two attached hydrogens (primary N) is 1. The van der Waals surface area contributed by atoms with E-state index in [1.54, 1.807) is 5.01 Å². The molecule has 0 bridgehead atoms. The van der Waals surface area contributed by atoms with E-state index in [2.05, 4.69) is 0 Å². The summed E-state index contributed by atoms with van der Waals surface area (Å²) in [4.78, 5) is 0. The maximum atomic E-state index is 9.28. The molecule has 2 rings (SSSR count). The van der Waals surface area contributed by atoms with Gasteiger partial charge in [-0.05, 0) is 17.5 Å². The first kappa shape index (κ1) is 7.30. The van der Waals surface area contributed by atoms with Crippen molar-refractivity contribution in [2.24, 2.45) is 5.84 Å². The summed E-state index contributed by atoms with van der Waals surface area (Å²) >= 11 is 0. The van der Waals surface area contributed by atoms with Crippen molar-refractivity contribution in [2.75, 3.05) is 19.7 Å². The molecular formula is C6H11BN2O2. The molecule has 0 aliphatic carbocycles. The van der Waals surface area contributed by atoms with Crippen LogP contribution in [-0.2, 0) is 4.65 Å². The number of rotatable bonds is 0. The first-order valence-corrected chi connectivity index (χ1v) is 3.77. The molecule has 0 amide bonds.